The molecule has 2 unspecified atom stereocenters. The van der Waals surface area contributed by atoms with E-state index in [0.29, 0.717) is 19.1 Å². The number of ether oxygens (including phenoxy) is 1. The van der Waals surface area contributed by atoms with Gasteiger partial charge in [0.1, 0.15) is 18.5 Å². The second-order valence-electron chi connectivity index (χ2n) is 5.65. The van der Waals surface area contributed by atoms with Crippen LogP contribution >= 0.6 is 0 Å². The second kappa shape index (κ2) is 8.82. The van der Waals surface area contributed by atoms with E-state index in [1.807, 2.05) is 43.3 Å². The molecular formula is C16H28N2O2. The summed E-state index contributed by atoms with van der Waals surface area (Å²) in [4.78, 5) is 1.94. The third kappa shape index (κ3) is 6.78. The van der Waals surface area contributed by atoms with Crippen molar-refractivity contribution in [1.29, 1.82) is 0 Å². The van der Waals surface area contributed by atoms with E-state index in [9.17, 15) is 5.11 Å². The summed E-state index contributed by atoms with van der Waals surface area (Å²) in [7, 11) is 3.86. The van der Waals surface area contributed by atoms with Crippen LogP contribution < -0.4 is 10.1 Å². The number of likely N-dealkylation sites (N-methyl/N-ethyl adjacent to an activating group) is 1. The monoisotopic (exact) mass is 280 g/mol. The topological polar surface area (TPSA) is 44.7 Å². The van der Waals surface area contributed by atoms with Gasteiger partial charge in [0.05, 0.1) is 0 Å². The average Bonchev–Trinajstić information content (AvgIpc) is 2.43. The van der Waals surface area contributed by atoms with Crippen LogP contribution in [0.1, 0.15) is 20.3 Å². The second-order valence-corrected chi connectivity index (χ2v) is 5.65. The lowest BCUT2D eigenvalue weighted by atomic mass is 10.1. The molecule has 4 heteroatoms. The van der Waals surface area contributed by atoms with Gasteiger partial charge in [0.2, 0.25) is 0 Å². The Bertz CT molecular complexity index is 365. The van der Waals surface area contributed by atoms with Crippen LogP contribution in [0, 0.1) is 5.92 Å². The van der Waals surface area contributed by atoms with Crippen molar-refractivity contribution >= 4 is 5.69 Å². The Labute approximate surface area is 122 Å². The first-order chi connectivity index (χ1) is 9.51. The van der Waals surface area contributed by atoms with Crippen LogP contribution in [0.5, 0.6) is 5.75 Å². The predicted octanol–water partition coefficient (Wildman–Crippen LogP) is 2.45. The smallest absolute Gasteiger partial charge is 0.119 e. The van der Waals surface area contributed by atoms with Crippen molar-refractivity contribution in [3.05, 3.63) is 24.3 Å². The van der Waals surface area contributed by atoms with Crippen LogP contribution in [0.15, 0.2) is 24.3 Å². The average molecular weight is 280 g/mol. The number of hydrogen-bond donors (Lipinski definition) is 2. The van der Waals surface area contributed by atoms with Crippen molar-refractivity contribution in [2.24, 2.45) is 5.92 Å². The van der Waals surface area contributed by atoms with Crippen LogP contribution in [0.3, 0.4) is 0 Å². The standard InChI is InChI=1S/C16H28N2O2/c1-5-13(2)10-17-14-6-8-16(9-7-14)20-12-15(19)11-18(3)4/h6-9,13,15,17,19H,5,10-12H2,1-4H3. The molecule has 1 aromatic rings. The Morgan fingerprint density at radius 3 is 2.45 bits per heavy atom. The van der Waals surface area contributed by atoms with Gasteiger partial charge < -0.3 is 20.1 Å². The van der Waals surface area contributed by atoms with Gasteiger partial charge in [-0.15, -0.1) is 0 Å². The van der Waals surface area contributed by atoms with Crippen molar-refractivity contribution in [1.82, 2.24) is 4.90 Å². The van der Waals surface area contributed by atoms with E-state index >= 15 is 0 Å². The molecule has 0 aliphatic heterocycles. The summed E-state index contributed by atoms with van der Waals surface area (Å²) < 4.78 is 5.57. The first kappa shape index (κ1) is 16.8. The highest BCUT2D eigenvalue weighted by Crippen LogP contribution is 2.16. The van der Waals surface area contributed by atoms with E-state index in [1.165, 1.54) is 6.42 Å². The molecule has 2 atom stereocenters. The van der Waals surface area contributed by atoms with E-state index < -0.39 is 6.10 Å². The summed E-state index contributed by atoms with van der Waals surface area (Å²) in [5, 5.41) is 13.1. The molecule has 1 rings (SSSR count). The van der Waals surface area contributed by atoms with E-state index in [4.69, 9.17) is 4.74 Å². The fourth-order valence-corrected chi connectivity index (χ4v) is 1.77. The molecule has 20 heavy (non-hydrogen) atoms. The zero-order valence-electron chi connectivity index (χ0n) is 13.1. The first-order valence-electron chi connectivity index (χ1n) is 7.30. The van der Waals surface area contributed by atoms with Crippen LogP contribution in [0.4, 0.5) is 5.69 Å². The first-order valence-corrected chi connectivity index (χ1v) is 7.30. The van der Waals surface area contributed by atoms with Gasteiger partial charge in [-0.05, 0) is 44.3 Å². The Morgan fingerprint density at radius 2 is 1.90 bits per heavy atom. The van der Waals surface area contributed by atoms with Gasteiger partial charge in [0, 0.05) is 18.8 Å². The SMILES string of the molecule is CCC(C)CNc1ccc(OCC(O)CN(C)C)cc1. The molecule has 0 spiro atoms. The van der Waals surface area contributed by atoms with Crippen molar-refractivity contribution < 1.29 is 9.84 Å². The molecule has 0 aliphatic carbocycles. The molecule has 0 saturated heterocycles. The molecule has 0 aliphatic rings. The molecule has 2 N–H and O–H groups in total. The molecule has 4 nitrogen and oxygen atoms in total. The Balaban J connectivity index is 2.35. The number of aliphatic hydroxyl groups is 1. The molecule has 0 heterocycles. The quantitative estimate of drug-likeness (QED) is 0.729. The zero-order valence-corrected chi connectivity index (χ0v) is 13.1. The summed E-state index contributed by atoms with van der Waals surface area (Å²) in [5.41, 5.74) is 1.10. The van der Waals surface area contributed by atoms with Gasteiger partial charge in [-0.2, -0.15) is 0 Å². The maximum atomic E-state index is 9.73. The Kier molecular flexibility index (Phi) is 7.41. The van der Waals surface area contributed by atoms with Crippen LogP contribution in [-0.4, -0.2) is 49.9 Å². The summed E-state index contributed by atoms with van der Waals surface area (Å²) in [6.45, 7) is 6.34. The fraction of sp³-hybridized carbons (Fsp3) is 0.625. The fourth-order valence-electron chi connectivity index (χ4n) is 1.77. The van der Waals surface area contributed by atoms with E-state index in [-0.39, 0.29) is 0 Å². The van der Waals surface area contributed by atoms with Crippen molar-refractivity contribution in [2.75, 3.05) is 39.1 Å². The number of aliphatic hydroxyl groups excluding tert-OH is 1. The lowest BCUT2D eigenvalue weighted by Crippen LogP contribution is -2.30. The molecule has 0 saturated carbocycles. The number of nitrogens with one attached hydrogen (secondary N) is 1. The number of anilines is 1. The number of benzene rings is 1. The van der Waals surface area contributed by atoms with Gasteiger partial charge in [-0.1, -0.05) is 20.3 Å². The highest BCUT2D eigenvalue weighted by atomic mass is 16.5. The minimum absolute atomic E-state index is 0.317. The molecule has 0 fully saturated rings. The Morgan fingerprint density at radius 1 is 1.25 bits per heavy atom. The third-order valence-electron chi connectivity index (χ3n) is 3.22. The highest BCUT2D eigenvalue weighted by Gasteiger charge is 2.06. The largest absolute Gasteiger partial charge is 0.491 e. The predicted molar refractivity (Wildman–Crippen MR) is 84.4 cm³/mol. The van der Waals surface area contributed by atoms with Crippen LogP contribution in [0.2, 0.25) is 0 Å². The van der Waals surface area contributed by atoms with Gasteiger partial charge >= 0.3 is 0 Å². The number of rotatable bonds is 9. The van der Waals surface area contributed by atoms with Crippen LogP contribution in [0.25, 0.3) is 0 Å². The van der Waals surface area contributed by atoms with Crippen molar-refractivity contribution in [2.45, 2.75) is 26.4 Å². The van der Waals surface area contributed by atoms with Crippen LogP contribution in [-0.2, 0) is 0 Å². The lowest BCUT2D eigenvalue weighted by Gasteiger charge is -2.17. The lowest BCUT2D eigenvalue weighted by molar-refractivity contribution is 0.0831. The molecule has 1 aromatic carbocycles. The van der Waals surface area contributed by atoms with Crippen molar-refractivity contribution in [3.63, 3.8) is 0 Å². The third-order valence-corrected chi connectivity index (χ3v) is 3.22. The van der Waals surface area contributed by atoms with Gasteiger partial charge in [-0.3, -0.25) is 0 Å². The van der Waals surface area contributed by atoms with Gasteiger partial charge in [0.15, 0.2) is 0 Å². The normalized spacial score (nSPS) is 14.1. The highest BCUT2D eigenvalue weighted by molar-refractivity contribution is 5.46. The van der Waals surface area contributed by atoms with Gasteiger partial charge in [-0.25, -0.2) is 0 Å². The number of hydrogen-bond acceptors (Lipinski definition) is 4. The van der Waals surface area contributed by atoms with E-state index in [2.05, 4.69) is 19.2 Å². The van der Waals surface area contributed by atoms with Gasteiger partial charge in [0.25, 0.3) is 0 Å². The minimum Gasteiger partial charge on any atom is -0.491 e. The van der Waals surface area contributed by atoms with Crippen molar-refractivity contribution in [3.8, 4) is 5.75 Å². The Hall–Kier alpha value is -1.26. The maximum Gasteiger partial charge on any atom is 0.119 e. The molecular weight excluding hydrogens is 252 g/mol. The molecule has 114 valence electrons. The molecule has 0 bridgehead atoms. The van der Waals surface area contributed by atoms with E-state index in [0.717, 1.165) is 18.0 Å². The summed E-state index contributed by atoms with van der Waals surface area (Å²) in [6.07, 6.45) is 0.714. The summed E-state index contributed by atoms with van der Waals surface area (Å²) >= 11 is 0. The van der Waals surface area contributed by atoms with E-state index in [1.54, 1.807) is 0 Å². The summed E-state index contributed by atoms with van der Waals surface area (Å²) in [6, 6.07) is 7.88. The molecule has 0 aromatic heterocycles. The molecule has 0 amide bonds. The molecule has 0 radical (unpaired) electrons. The zero-order chi connectivity index (χ0) is 15.0. The minimum atomic E-state index is -0.465. The summed E-state index contributed by atoms with van der Waals surface area (Å²) in [5.74, 6) is 1.46. The number of nitrogens with zero attached hydrogens (tertiary/aromatic N) is 1. The maximum absolute atomic E-state index is 9.73.